The minimum atomic E-state index is -3.88. The first-order valence-corrected chi connectivity index (χ1v) is 11.0. The minimum absolute atomic E-state index is 0.0669. The number of hydrogen-bond donors (Lipinski definition) is 1. The van der Waals surface area contributed by atoms with Crippen LogP contribution in [0.3, 0.4) is 0 Å². The number of benzene rings is 3. The predicted octanol–water partition coefficient (Wildman–Crippen LogP) is 3.53. The van der Waals surface area contributed by atoms with Crippen molar-refractivity contribution in [3.8, 4) is 11.5 Å². The number of rotatable bonds is 9. The van der Waals surface area contributed by atoms with E-state index in [4.69, 9.17) is 9.47 Å². The standard InChI is InChI=1S/C23H24N2O5S/c1-29-21-14-13-19(15-22(21)30-2)24-23(26)17-25(16-18-9-5-3-6-10-18)31(27,28)20-11-7-4-8-12-20/h3-15H,16-17H2,1-2H3,(H,24,26). The molecule has 162 valence electrons. The highest BCUT2D eigenvalue weighted by Gasteiger charge is 2.27. The lowest BCUT2D eigenvalue weighted by Crippen LogP contribution is -2.37. The Kier molecular flexibility index (Phi) is 7.28. The van der Waals surface area contributed by atoms with E-state index >= 15 is 0 Å². The Hall–Kier alpha value is -3.36. The van der Waals surface area contributed by atoms with Crippen molar-refractivity contribution in [1.29, 1.82) is 0 Å². The van der Waals surface area contributed by atoms with E-state index in [1.54, 1.807) is 36.4 Å². The fourth-order valence-electron chi connectivity index (χ4n) is 3.03. The van der Waals surface area contributed by atoms with E-state index in [0.29, 0.717) is 17.2 Å². The van der Waals surface area contributed by atoms with Crippen LogP contribution < -0.4 is 14.8 Å². The smallest absolute Gasteiger partial charge is 0.243 e. The molecule has 0 saturated heterocycles. The molecule has 0 aliphatic rings. The third-order valence-corrected chi connectivity index (χ3v) is 6.38. The Morgan fingerprint density at radius 1 is 0.871 bits per heavy atom. The molecule has 3 rings (SSSR count). The average molecular weight is 441 g/mol. The van der Waals surface area contributed by atoms with Gasteiger partial charge in [-0.05, 0) is 29.8 Å². The van der Waals surface area contributed by atoms with Crippen molar-refractivity contribution >= 4 is 21.6 Å². The fraction of sp³-hybridized carbons (Fsp3) is 0.174. The topological polar surface area (TPSA) is 84.9 Å². The Morgan fingerprint density at radius 3 is 2.10 bits per heavy atom. The number of carbonyl (C=O) groups excluding carboxylic acids is 1. The van der Waals surface area contributed by atoms with Crippen LogP contribution in [0, 0.1) is 0 Å². The lowest BCUT2D eigenvalue weighted by atomic mass is 10.2. The lowest BCUT2D eigenvalue weighted by molar-refractivity contribution is -0.116. The van der Waals surface area contributed by atoms with Crippen LogP contribution in [0.25, 0.3) is 0 Å². The summed E-state index contributed by atoms with van der Waals surface area (Å²) in [5, 5.41) is 2.73. The van der Waals surface area contributed by atoms with Gasteiger partial charge in [0.05, 0.1) is 25.7 Å². The number of nitrogens with zero attached hydrogens (tertiary/aromatic N) is 1. The lowest BCUT2D eigenvalue weighted by Gasteiger charge is -2.22. The van der Waals surface area contributed by atoms with Crippen LogP contribution in [0.15, 0.2) is 83.8 Å². The minimum Gasteiger partial charge on any atom is -0.493 e. The van der Waals surface area contributed by atoms with Crippen LogP contribution in [0.5, 0.6) is 11.5 Å². The van der Waals surface area contributed by atoms with Gasteiger partial charge in [0.1, 0.15) is 0 Å². The molecule has 1 N–H and O–H groups in total. The van der Waals surface area contributed by atoms with Gasteiger partial charge in [0.15, 0.2) is 11.5 Å². The van der Waals surface area contributed by atoms with E-state index in [2.05, 4.69) is 5.32 Å². The molecule has 0 fully saturated rings. The number of sulfonamides is 1. The summed E-state index contributed by atoms with van der Waals surface area (Å²) in [4.78, 5) is 12.9. The number of ether oxygens (including phenoxy) is 2. The molecule has 0 aliphatic carbocycles. The summed E-state index contributed by atoms with van der Waals surface area (Å²) in [6.45, 7) is -0.280. The molecule has 7 nitrogen and oxygen atoms in total. The summed E-state index contributed by atoms with van der Waals surface area (Å²) >= 11 is 0. The predicted molar refractivity (Wildman–Crippen MR) is 119 cm³/mol. The zero-order valence-corrected chi connectivity index (χ0v) is 18.1. The average Bonchev–Trinajstić information content (AvgIpc) is 2.79. The second-order valence-electron chi connectivity index (χ2n) is 6.69. The summed E-state index contributed by atoms with van der Waals surface area (Å²) in [6, 6.07) is 22.1. The van der Waals surface area contributed by atoms with Crippen molar-refractivity contribution in [3.05, 3.63) is 84.4 Å². The first-order chi connectivity index (χ1) is 14.9. The fourth-order valence-corrected chi connectivity index (χ4v) is 4.43. The highest BCUT2D eigenvalue weighted by atomic mass is 32.2. The van der Waals surface area contributed by atoms with Crippen molar-refractivity contribution in [2.75, 3.05) is 26.1 Å². The van der Waals surface area contributed by atoms with Crippen molar-refractivity contribution in [2.24, 2.45) is 0 Å². The van der Waals surface area contributed by atoms with Gasteiger partial charge >= 0.3 is 0 Å². The quantitative estimate of drug-likeness (QED) is 0.550. The highest BCUT2D eigenvalue weighted by Crippen LogP contribution is 2.29. The summed E-state index contributed by atoms with van der Waals surface area (Å²) in [6.07, 6.45) is 0. The molecule has 0 aromatic heterocycles. The zero-order valence-electron chi connectivity index (χ0n) is 17.3. The maximum atomic E-state index is 13.2. The summed E-state index contributed by atoms with van der Waals surface area (Å²) in [5.41, 5.74) is 1.25. The van der Waals surface area contributed by atoms with Crippen LogP contribution >= 0.6 is 0 Å². The van der Waals surface area contributed by atoms with Gasteiger partial charge < -0.3 is 14.8 Å². The van der Waals surface area contributed by atoms with Crippen molar-refractivity contribution < 1.29 is 22.7 Å². The third kappa shape index (κ3) is 5.62. The van der Waals surface area contributed by atoms with Crippen LogP contribution in [-0.2, 0) is 21.4 Å². The van der Waals surface area contributed by atoms with Gasteiger partial charge in [-0.25, -0.2) is 8.42 Å². The molecule has 0 spiro atoms. The van der Waals surface area contributed by atoms with Gasteiger partial charge in [-0.15, -0.1) is 0 Å². The van der Waals surface area contributed by atoms with Gasteiger partial charge in [0, 0.05) is 18.3 Å². The van der Waals surface area contributed by atoms with E-state index in [9.17, 15) is 13.2 Å². The number of nitrogens with one attached hydrogen (secondary N) is 1. The first-order valence-electron chi connectivity index (χ1n) is 9.55. The molecule has 0 atom stereocenters. The molecule has 0 unspecified atom stereocenters. The Labute approximate surface area is 182 Å². The molecule has 8 heteroatoms. The summed E-state index contributed by atoms with van der Waals surface area (Å²) < 4.78 is 38.0. The van der Waals surface area contributed by atoms with Crippen LogP contribution in [0.2, 0.25) is 0 Å². The number of anilines is 1. The number of methoxy groups -OCH3 is 2. The van der Waals surface area contributed by atoms with Crippen LogP contribution in [0.1, 0.15) is 5.56 Å². The molecule has 3 aromatic carbocycles. The van der Waals surface area contributed by atoms with E-state index < -0.39 is 15.9 Å². The third-order valence-electron chi connectivity index (χ3n) is 4.57. The molecule has 0 saturated carbocycles. The SMILES string of the molecule is COc1ccc(NC(=O)CN(Cc2ccccc2)S(=O)(=O)c2ccccc2)cc1OC. The Bertz CT molecular complexity index is 1120. The van der Waals surface area contributed by atoms with Crippen LogP contribution in [-0.4, -0.2) is 39.4 Å². The monoisotopic (exact) mass is 440 g/mol. The highest BCUT2D eigenvalue weighted by molar-refractivity contribution is 7.89. The van der Waals surface area contributed by atoms with Crippen molar-refractivity contribution in [3.63, 3.8) is 0 Å². The van der Waals surface area contributed by atoms with E-state index in [1.165, 1.54) is 26.4 Å². The van der Waals surface area contributed by atoms with Crippen molar-refractivity contribution in [2.45, 2.75) is 11.4 Å². The Morgan fingerprint density at radius 2 is 1.48 bits per heavy atom. The summed E-state index contributed by atoms with van der Waals surface area (Å²) in [7, 11) is -0.865. The van der Waals surface area contributed by atoms with E-state index in [0.717, 1.165) is 9.87 Å². The van der Waals surface area contributed by atoms with E-state index in [1.807, 2.05) is 30.3 Å². The molecule has 0 aliphatic heterocycles. The second kappa shape index (κ2) is 10.1. The normalized spacial score (nSPS) is 11.2. The molecule has 0 radical (unpaired) electrons. The maximum Gasteiger partial charge on any atom is 0.243 e. The largest absolute Gasteiger partial charge is 0.493 e. The van der Waals surface area contributed by atoms with Gasteiger partial charge in [-0.1, -0.05) is 48.5 Å². The van der Waals surface area contributed by atoms with Gasteiger partial charge in [0.2, 0.25) is 15.9 Å². The van der Waals surface area contributed by atoms with E-state index in [-0.39, 0.29) is 18.0 Å². The molecular weight excluding hydrogens is 416 g/mol. The van der Waals surface area contributed by atoms with Crippen molar-refractivity contribution in [1.82, 2.24) is 4.31 Å². The Balaban J connectivity index is 1.83. The number of carbonyl (C=O) groups is 1. The number of hydrogen-bond acceptors (Lipinski definition) is 5. The van der Waals surface area contributed by atoms with Gasteiger partial charge in [0.25, 0.3) is 0 Å². The molecular formula is C23H24N2O5S. The van der Waals surface area contributed by atoms with Gasteiger partial charge in [-0.3, -0.25) is 4.79 Å². The molecule has 0 bridgehead atoms. The second-order valence-corrected chi connectivity index (χ2v) is 8.63. The molecule has 1 amide bonds. The zero-order chi connectivity index (χ0) is 22.3. The maximum absolute atomic E-state index is 13.2. The van der Waals surface area contributed by atoms with Gasteiger partial charge in [-0.2, -0.15) is 4.31 Å². The molecule has 3 aromatic rings. The van der Waals surface area contributed by atoms with Crippen LogP contribution in [0.4, 0.5) is 5.69 Å². The molecule has 31 heavy (non-hydrogen) atoms. The molecule has 0 heterocycles. The number of amides is 1. The summed E-state index contributed by atoms with van der Waals surface area (Å²) in [5.74, 6) is 0.513. The first kappa shape index (κ1) is 22.3.